The molecule has 4 N–H and O–H groups in total. The summed E-state index contributed by atoms with van der Waals surface area (Å²) >= 11 is 0. The molecule has 1 aliphatic carbocycles. The van der Waals surface area contributed by atoms with Crippen molar-refractivity contribution in [2.75, 3.05) is 13.1 Å². The number of carbonyl (C=O) groups excluding carboxylic acids is 5. The Morgan fingerprint density at radius 1 is 0.839 bits per heavy atom. The zero-order valence-corrected chi connectivity index (χ0v) is 39.0. The molecule has 1 saturated carbocycles. The lowest BCUT2D eigenvalue weighted by Crippen LogP contribution is -2.60. The summed E-state index contributed by atoms with van der Waals surface area (Å²) in [5.41, 5.74) is -0.811. The van der Waals surface area contributed by atoms with Gasteiger partial charge in [-0.2, -0.15) is 5.06 Å². The van der Waals surface area contributed by atoms with Crippen LogP contribution in [0.2, 0.25) is 0 Å². The third kappa shape index (κ3) is 16.2. The van der Waals surface area contributed by atoms with Crippen molar-refractivity contribution in [1.82, 2.24) is 25.9 Å². The number of nitrogens with zero attached hydrogens (tertiary/aromatic N) is 2. The normalized spacial score (nSPS) is 21.2. The number of benzene rings is 1. The zero-order chi connectivity index (χ0) is 45.7. The Morgan fingerprint density at radius 2 is 1.50 bits per heavy atom. The number of hydrogen-bond donors (Lipinski definition) is 4. The van der Waals surface area contributed by atoms with Gasteiger partial charge in [-0.25, -0.2) is 14.4 Å². The predicted molar refractivity (Wildman–Crippen MR) is 238 cm³/mol. The lowest BCUT2D eigenvalue weighted by molar-refractivity contribution is -0.256. The molecular formula is C48H77N5O9. The van der Waals surface area contributed by atoms with Gasteiger partial charge in [-0.05, 0) is 131 Å². The second-order valence-corrected chi connectivity index (χ2v) is 20.3. The van der Waals surface area contributed by atoms with Crippen LogP contribution in [0, 0.1) is 11.8 Å². The molecule has 4 atom stereocenters. The molecule has 0 bridgehead atoms. The van der Waals surface area contributed by atoms with E-state index < -0.39 is 58.7 Å². The molecule has 2 saturated heterocycles. The van der Waals surface area contributed by atoms with Crippen molar-refractivity contribution >= 4 is 30.0 Å². The van der Waals surface area contributed by atoms with Crippen molar-refractivity contribution in [2.45, 2.75) is 199 Å². The fraction of sp³-hybridized carbons (Fsp3) is 0.729. The Bertz CT molecular complexity index is 1640. The van der Waals surface area contributed by atoms with Crippen molar-refractivity contribution in [1.29, 1.82) is 0 Å². The molecule has 2 unspecified atom stereocenters. The number of likely N-dealkylation sites (tertiary alicyclic amines) is 1. The summed E-state index contributed by atoms with van der Waals surface area (Å²) in [4.78, 5) is 69.6. The van der Waals surface area contributed by atoms with Crippen LogP contribution in [0.25, 0.3) is 0 Å². The third-order valence-corrected chi connectivity index (χ3v) is 12.0. The quantitative estimate of drug-likeness (QED) is 0.0490. The third-order valence-electron chi connectivity index (χ3n) is 12.0. The minimum Gasteiger partial charge on any atom is -0.461 e. The van der Waals surface area contributed by atoms with Gasteiger partial charge >= 0.3 is 18.2 Å². The molecule has 2 heterocycles. The number of nitrogens with one attached hydrogen (secondary N) is 3. The van der Waals surface area contributed by atoms with Crippen molar-refractivity contribution in [3.63, 3.8) is 0 Å². The van der Waals surface area contributed by atoms with Crippen LogP contribution in [0.1, 0.15) is 151 Å². The number of amides is 4. The maximum atomic E-state index is 14.5. The first-order valence-electron chi connectivity index (χ1n) is 23.1. The van der Waals surface area contributed by atoms with Crippen LogP contribution in [-0.4, -0.2) is 105 Å². The first-order valence-corrected chi connectivity index (χ1v) is 23.1. The molecule has 3 fully saturated rings. The van der Waals surface area contributed by atoms with Crippen molar-refractivity contribution < 1.29 is 43.4 Å². The molecule has 0 spiro atoms. The van der Waals surface area contributed by atoms with Gasteiger partial charge < -0.3 is 40.3 Å². The van der Waals surface area contributed by atoms with E-state index in [2.05, 4.69) is 29.8 Å². The van der Waals surface area contributed by atoms with E-state index in [1.807, 2.05) is 91.0 Å². The van der Waals surface area contributed by atoms with Crippen LogP contribution < -0.4 is 16.0 Å². The van der Waals surface area contributed by atoms with Crippen molar-refractivity contribution in [3.05, 3.63) is 48.0 Å². The summed E-state index contributed by atoms with van der Waals surface area (Å²) in [5.74, 6) is -1.44. The monoisotopic (exact) mass is 868 g/mol. The van der Waals surface area contributed by atoms with E-state index >= 15 is 0 Å². The Morgan fingerprint density at radius 3 is 2.13 bits per heavy atom. The minimum atomic E-state index is -0.919. The number of carbonyl (C=O) groups is 5. The van der Waals surface area contributed by atoms with Gasteiger partial charge in [0.1, 0.15) is 29.9 Å². The highest BCUT2D eigenvalue weighted by Crippen LogP contribution is 2.38. The standard InChI is InChI=1S/C48H77N5O9/c1-33(2)29-36(50-45(58)62-46(3,4)5)26-25-35(30-34-19-12-10-13-20-34)42(55)52-28-18-24-40(52)41(54)51-39(43(56)60-37-21-14-11-15-22-37)23-16-17-27-49-44(57)61-38-31-47(6,7)53(59)48(8,9)32-38/h10,12-13,19-20,25-26,33,35-40,59H,11,14-18,21-24,27-32H2,1-9H3,(H,49,57)(H,50,58)(H,51,54)/b26-25+/t35-,36-,39?,40?/m1/s1. The second-order valence-electron chi connectivity index (χ2n) is 20.3. The largest absolute Gasteiger partial charge is 0.461 e. The van der Waals surface area contributed by atoms with Gasteiger partial charge in [-0.15, -0.1) is 0 Å². The molecule has 4 rings (SSSR count). The summed E-state index contributed by atoms with van der Waals surface area (Å²) in [6.07, 6.45) is 11.2. The van der Waals surface area contributed by atoms with Gasteiger partial charge in [-0.1, -0.05) is 62.8 Å². The maximum Gasteiger partial charge on any atom is 0.408 e. The SMILES string of the molecule is CC(C)C[C@@H](/C=C/[C@H](Cc1ccccc1)C(=O)N1CCCC1C(=O)NC(CCCCNC(=O)OC1CC(C)(C)N(O)C(C)(C)C1)C(=O)OC1CCCCC1)NC(=O)OC(C)(C)C. The zero-order valence-electron chi connectivity index (χ0n) is 39.0. The predicted octanol–water partition coefficient (Wildman–Crippen LogP) is 8.00. The number of rotatable bonds is 18. The fourth-order valence-corrected chi connectivity index (χ4v) is 9.11. The second kappa shape index (κ2) is 23.0. The van der Waals surface area contributed by atoms with E-state index in [1.165, 1.54) is 5.06 Å². The molecule has 1 aromatic rings. The van der Waals surface area contributed by atoms with Gasteiger partial charge in [-0.3, -0.25) is 9.59 Å². The number of piperidine rings is 1. The highest BCUT2D eigenvalue weighted by Gasteiger charge is 2.46. The highest BCUT2D eigenvalue weighted by atomic mass is 16.6. The lowest BCUT2D eigenvalue weighted by atomic mass is 9.80. The van der Waals surface area contributed by atoms with Gasteiger partial charge in [0.2, 0.25) is 11.8 Å². The fourth-order valence-electron chi connectivity index (χ4n) is 9.11. The Kier molecular flexibility index (Phi) is 18.7. The van der Waals surface area contributed by atoms with E-state index in [9.17, 15) is 29.2 Å². The van der Waals surface area contributed by atoms with Gasteiger partial charge in [0.05, 0.1) is 12.0 Å². The van der Waals surface area contributed by atoms with Gasteiger partial charge in [0.15, 0.2) is 0 Å². The number of esters is 1. The molecule has 0 radical (unpaired) electrons. The summed E-state index contributed by atoms with van der Waals surface area (Å²) in [6.45, 7) is 17.9. The highest BCUT2D eigenvalue weighted by molar-refractivity contribution is 5.92. The van der Waals surface area contributed by atoms with Gasteiger partial charge in [0.25, 0.3) is 0 Å². The van der Waals surface area contributed by atoms with Crippen LogP contribution in [0.15, 0.2) is 42.5 Å². The van der Waals surface area contributed by atoms with Crippen molar-refractivity contribution in [2.24, 2.45) is 11.8 Å². The van der Waals surface area contributed by atoms with Crippen molar-refractivity contribution in [3.8, 4) is 0 Å². The molecule has 62 heavy (non-hydrogen) atoms. The molecule has 4 amide bonds. The number of alkyl carbamates (subject to hydrolysis) is 2. The number of unbranched alkanes of at least 4 members (excludes halogenated alkanes) is 1. The van der Waals surface area contributed by atoms with E-state index in [0.29, 0.717) is 70.9 Å². The molecule has 0 aromatic heterocycles. The summed E-state index contributed by atoms with van der Waals surface area (Å²) in [5, 5.41) is 20.7. The Hall–Kier alpha value is -4.17. The summed E-state index contributed by atoms with van der Waals surface area (Å²) in [7, 11) is 0. The van der Waals surface area contributed by atoms with Crippen LogP contribution in [0.5, 0.6) is 0 Å². The number of ether oxygens (including phenoxy) is 3. The first-order chi connectivity index (χ1) is 29.1. The topological polar surface area (TPSA) is 176 Å². The molecular weight excluding hydrogens is 791 g/mol. The summed E-state index contributed by atoms with van der Waals surface area (Å²) < 4.78 is 17.2. The first kappa shape index (κ1) is 50.5. The van der Waals surface area contributed by atoms with E-state index in [0.717, 1.165) is 37.7 Å². The van der Waals surface area contributed by atoms with E-state index in [1.54, 1.807) is 4.90 Å². The maximum absolute atomic E-state index is 14.5. The summed E-state index contributed by atoms with van der Waals surface area (Å²) in [6, 6.07) is 7.65. The average Bonchev–Trinajstić information content (AvgIpc) is 3.67. The molecule has 2 aliphatic heterocycles. The smallest absolute Gasteiger partial charge is 0.408 e. The molecule has 14 nitrogen and oxygen atoms in total. The number of hydroxylamine groups is 2. The van der Waals surface area contributed by atoms with Crippen LogP contribution >= 0.6 is 0 Å². The van der Waals surface area contributed by atoms with E-state index in [-0.39, 0.29) is 30.1 Å². The molecule has 3 aliphatic rings. The van der Waals surface area contributed by atoms with Gasteiger partial charge in [0, 0.05) is 37.0 Å². The molecule has 14 heteroatoms. The average molecular weight is 868 g/mol. The van der Waals surface area contributed by atoms with Crippen LogP contribution in [0.4, 0.5) is 9.59 Å². The van der Waals surface area contributed by atoms with Crippen LogP contribution in [-0.2, 0) is 35.0 Å². The minimum absolute atomic E-state index is 0.195. The van der Waals surface area contributed by atoms with Crippen LogP contribution in [0.3, 0.4) is 0 Å². The molecule has 1 aromatic carbocycles. The lowest BCUT2D eigenvalue weighted by Gasteiger charge is -2.50. The number of hydrogen-bond acceptors (Lipinski definition) is 10. The Balaban J connectivity index is 1.42. The Labute approximate surface area is 370 Å². The van der Waals surface area contributed by atoms with E-state index in [4.69, 9.17) is 14.2 Å². The molecule has 348 valence electrons.